The Hall–Kier alpha value is -2.75. The molecular formula is C19H17F3N4O2S. The molecule has 0 saturated heterocycles. The Kier molecular flexibility index (Phi) is 4.89. The molecule has 10 heteroatoms. The van der Waals surface area contributed by atoms with Crippen LogP contribution in [0.3, 0.4) is 0 Å². The van der Waals surface area contributed by atoms with Crippen molar-refractivity contribution in [1.82, 2.24) is 15.0 Å². The van der Waals surface area contributed by atoms with E-state index in [1.54, 1.807) is 0 Å². The van der Waals surface area contributed by atoms with Gasteiger partial charge >= 0.3 is 6.18 Å². The monoisotopic (exact) mass is 422 g/mol. The molecule has 1 aliphatic carbocycles. The zero-order chi connectivity index (χ0) is 20.8. The van der Waals surface area contributed by atoms with Gasteiger partial charge in [0.2, 0.25) is 5.91 Å². The number of anilines is 1. The number of nitrogens with zero attached hydrogens (tertiary/aromatic N) is 3. The first-order valence-electron chi connectivity index (χ1n) is 9.14. The predicted octanol–water partition coefficient (Wildman–Crippen LogP) is 3.95. The highest BCUT2D eigenvalue weighted by atomic mass is 32.1. The molecule has 152 valence electrons. The maximum atomic E-state index is 13.2. The molecule has 0 fully saturated rings. The van der Waals surface area contributed by atoms with Gasteiger partial charge in [-0.15, -0.1) is 16.4 Å². The Morgan fingerprint density at radius 2 is 1.97 bits per heavy atom. The highest BCUT2D eigenvalue weighted by molar-refractivity contribution is 7.18. The molecule has 1 aliphatic rings. The fourth-order valence-electron chi connectivity index (χ4n) is 3.53. The summed E-state index contributed by atoms with van der Waals surface area (Å²) in [5.74, 6) is -0.776. The average Bonchev–Trinajstić information content (AvgIpc) is 3.06. The van der Waals surface area contributed by atoms with Gasteiger partial charge in [0.1, 0.15) is 6.04 Å². The quantitative estimate of drug-likeness (QED) is 0.693. The molecule has 3 aromatic rings. The number of aryl methyl sites for hydroxylation is 2. The fourth-order valence-corrected chi connectivity index (χ4v) is 4.72. The van der Waals surface area contributed by atoms with E-state index in [1.165, 1.54) is 36.5 Å². The summed E-state index contributed by atoms with van der Waals surface area (Å²) in [5, 5.41) is 10.7. The van der Waals surface area contributed by atoms with Gasteiger partial charge in [0, 0.05) is 4.88 Å². The SMILES string of the molecule is C[C@H](C(=O)Nc1ccccc1C(F)(F)F)n1nnc2sc3c(c2c1=O)CCCC3. The number of aromatic nitrogens is 3. The van der Waals surface area contributed by atoms with Gasteiger partial charge in [-0.3, -0.25) is 9.59 Å². The van der Waals surface area contributed by atoms with Gasteiger partial charge in [0.15, 0.2) is 4.83 Å². The number of carbonyl (C=O) groups excluding carboxylic acids is 1. The van der Waals surface area contributed by atoms with Crippen molar-refractivity contribution in [1.29, 1.82) is 0 Å². The van der Waals surface area contributed by atoms with E-state index < -0.39 is 29.2 Å². The number of fused-ring (bicyclic) bond motifs is 3. The number of carbonyl (C=O) groups is 1. The van der Waals surface area contributed by atoms with Crippen LogP contribution in [0.4, 0.5) is 18.9 Å². The third-order valence-corrected chi connectivity index (χ3v) is 6.22. The molecule has 1 N–H and O–H groups in total. The van der Waals surface area contributed by atoms with Crippen LogP contribution in [0.2, 0.25) is 0 Å². The van der Waals surface area contributed by atoms with Crippen LogP contribution < -0.4 is 10.9 Å². The van der Waals surface area contributed by atoms with E-state index >= 15 is 0 Å². The van der Waals surface area contributed by atoms with Crippen molar-refractivity contribution in [2.75, 3.05) is 5.32 Å². The first-order chi connectivity index (χ1) is 13.8. The van der Waals surface area contributed by atoms with Crippen molar-refractivity contribution in [2.45, 2.75) is 44.8 Å². The van der Waals surface area contributed by atoms with Crippen LogP contribution in [-0.2, 0) is 23.8 Å². The number of halogens is 3. The zero-order valence-corrected chi connectivity index (χ0v) is 16.2. The second-order valence-corrected chi connectivity index (χ2v) is 8.02. The number of alkyl halides is 3. The minimum atomic E-state index is -4.61. The highest BCUT2D eigenvalue weighted by Gasteiger charge is 2.34. The van der Waals surface area contributed by atoms with Gasteiger partial charge in [-0.25, -0.2) is 0 Å². The molecule has 0 spiro atoms. The fraction of sp³-hybridized carbons (Fsp3) is 0.368. The summed E-state index contributed by atoms with van der Waals surface area (Å²) >= 11 is 1.44. The Balaban J connectivity index is 1.68. The van der Waals surface area contributed by atoms with E-state index in [0.717, 1.165) is 46.9 Å². The van der Waals surface area contributed by atoms with Gasteiger partial charge in [-0.05, 0) is 50.3 Å². The number of hydrogen-bond donors (Lipinski definition) is 1. The van der Waals surface area contributed by atoms with Crippen molar-refractivity contribution in [3.8, 4) is 0 Å². The number of para-hydroxylation sites is 1. The molecule has 2 aromatic heterocycles. The van der Waals surface area contributed by atoms with Crippen LogP contribution in [0, 0.1) is 0 Å². The Morgan fingerprint density at radius 1 is 1.24 bits per heavy atom. The van der Waals surface area contributed by atoms with E-state index in [-0.39, 0.29) is 5.69 Å². The van der Waals surface area contributed by atoms with Crippen LogP contribution in [-0.4, -0.2) is 20.9 Å². The molecule has 1 amide bonds. The minimum absolute atomic E-state index is 0.369. The first kappa shape index (κ1) is 19.6. The maximum Gasteiger partial charge on any atom is 0.418 e. The molecule has 0 aliphatic heterocycles. The van der Waals surface area contributed by atoms with Gasteiger partial charge < -0.3 is 5.32 Å². The van der Waals surface area contributed by atoms with Crippen LogP contribution in [0.15, 0.2) is 29.1 Å². The van der Waals surface area contributed by atoms with Crippen molar-refractivity contribution in [3.63, 3.8) is 0 Å². The van der Waals surface area contributed by atoms with Crippen LogP contribution in [0.25, 0.3) is 10.2 Å². The molecular weight excluding hydrogens is 405 g/mol. The summed E-state index contributed by atoms with van der Waals surface area (Å²) in [5.41, 5.74) is -0.811. The van der Waals surface area contributed by atoms with E-state index in [0.29, 0.717) is 10.2 Å². The minimum Gasteiger partial charge on any atom is -0.324 e. The first-order valence-corrected chi connectivity index (χ1v) is 9.96. The van der Waals surface area contributed by atoms with E-state index in [2.05, 4.69) is 15.6 Å². The predicted molar refractivity (Wildman–Crippen MR) is 103 cm³/mol. The van der Waals surface area contributed by atoms with Crippen molar-refractivity contribution < 1.29 is 18.0 Å². The van der Waals surface area contributed by atoms with Crippen LogP contribution in [0.5, 0.6) is 0 Å². The topological polar surface area (TPSA) is 76.9 Å². The number of thiophene rings is 1. The third kappa shape index (κ3) is 3.52. The number of rotatable bonds is 3. The highest BCUT2D eigenvalue weighted by Crippen LogP contribution is 2.35. The molecule has 4 rings (SSSR count). The molecule has 0 bridgehead atoms. The van der Waals surface area contributed by atoms with E-state index in [4.69, 9.17) is 0 Å². The molecule has 29 heavy (non-hydrogen) atoms. The zero-order valence-electron chi connectivity index (χ0n) is 15.4. The van der Waals surface area contributed by atoms with Crippen molar-refractivity contribution in [2.24, 2.45) is 0 Å². The summed E-state index contributed by atoms with van der Waals surface area (Å²) in [6, 6.07) is 3.56. The second kappa shape index (κ2) is 7.25. The maximum absolute atomic E-state index is 13.2. The summed E-state index contributed by atoms with van der Waals surface area (Å²) in [7, 11) is 0. The van der Waals surface area contributed by atoms with Crippen molar-refractivity contribution >= 4 is 33.1 Å². The number of hydrogen-bond acceptors (Lipinski definition) is 5. The largest absolute Gasteiger partial charge is 0.418 e. The second-order valence-electron chi connectivity index (χ2n) is 6.94. The summed E-state index contributed by atoms with van der Waals surface area (Å²) in [6.07, 6.45) is -0.919. The lowest BCUT2D eigenvalue weighted by molar-refractivity contribution is -0.137. The standard InChI is InChI=1S/C19H17F3N4O2S/c1-10(16(27)23-13-8-4-3-7-12(13)19(20,21)22)26-18(28)15-11-6-2-5-9-14(11)29-17(15)24-25-26/h3-4,7-8,10H,2,5-6,9H2,1H3,(H,23,27)/t10-/m1/s1. The van der Waals surface area contributed by atoms with Gasteiger partial charge in [-0.1, -0.05) is 17.3 Å². The molecule has 0 radical (unpaired) electrons. The van der Waals surface area contributed by atoms with Gasteiger partial charge in [-0.2, -0.15) is 17.9 Å². The van der Waals surface area contributed by atoms with Crippen molar-refractivity contribution in [3.05, 3.63) is 50.6 Å². The number of benzene rings is 1. The number of nitrogens with one attached hydrogen (secondary N) is 1. The van der Waals surface area contributed by atoms with E-state index in [9.17, 15) is 22.8 Å². The summed E-state index contributed by atoms with van der Waals surface area (Å²) in [6.45, 7) is 1.41. The molecule has 0 saturated carbocycles. The van der Waals surface area contributed by atoms with Crippen LogP contribution in [0.1, 0.15) is 41.8 Å². The normalized spacial score (nSPS) is 15.2. The molecule has 1 atom stereocenters. The third-order valence-electron chi connectivity index (χ3n) is 5.04. The smallest absolute Gasteiger partial charge is 0.324 e. The lowest BCUT2D eigenvalue weighted by atomic mass is 9.97. The average molecular weight is 422 g/mol. The Morgan fingerprint density at radius 3 is 2.72 bits per heavy atom. The van der Waals surface area contributed by atoms with Crippen LogP contribution >= 0.6 is 11.3 Å². The van der Waals surface area contributed by atoms with Gasteiger partial charge in [0.25, 0.3) is 5.56 Å². The number of amides is 1. The molecule has 1 aromatic carbocycles. The summed E-state index contributed by atoms with van der Waals surface area (Å²) in [4.78, 5) is 27.2. The lowest BCUT2D eigenvalue weighted by Crippen LogP contribution is -2.34. The Labute approximate surface area is 167 Å². The Bertz CT molecular complexity index is 1150. The van der Waals surface area contributed by atoms with E-state index in [1.807, 2.05) is 0 Å². The molecule has 2 heterocycles. The van der Waals surface area contributed by atoms with Gasteiger partial charge in [0.05, 0.1) is 16.6 Å². The lowest BCUT2D eigenvalue weighted by Gasteiger charge is -2.17. The molecule has 0 unspecified atom stereocenters. The summed E-state index contributed by atoms with van der Waals surface area (Å²) < 4.78 is 40.4. The molecule has 6 nitrogen and oxygen atoms in total.